The molecule has 0 unspecified atom stereocenters. The number of rotatable bonds is 2. The molecule has 1 aromatic rings. The van der Waals surface area contributed by atoms with E-state index in [2.05, 4.69) is 5.32 Å². The summed E-state index contributed by atoms with van der Waals surface area (Å²) >= 11 is 0. The van der Waals surface area contributed by atoms with Gasteiger partial charge in [0.15, 0.2) is 0 Å². The first-order valence-corrected chi connectivity index (χ1v) is 7.64. The summed E-state index contributed by atoms with van der Waals surface area (Å²) in [6.07, 6.45) is 0.786. The van der Waals surface area contributed by atoms with Crippen LogP contribution in [0.15, 0.2) is 24.3 Å². The predicted molar refractivity (Wildman–Crippen MR) is 78.5 cm³/mol. The summed E-state index contributed by atoms with van der Waals surface area (Å²) in [5.74, 6) is -0.297. The summed E-state index contributed by atoms with van der Waals surface area (Å²) < 4.78 is 12.8. The van der Waals surface area contributed by atoms with Crippen molar-refractivity contribution in [2.75, 3.05) is 13.1 Å². The van der Waals surface area contributed by atoms with Gasteiger partial charge in [-0.2, -0.15) is 0 Å². The molecule has 0 aromatic heterocycles. The van der Waals surface area contributed by atoms with Crippen LogP contribution in [-0.4, -0.2) is 46.4 Å². The van der Waals surface area contributed by atoms with Gasteiger partial charge in [-0.1, -0.05) is 12.1 Å². The zero-order chi connectivity index (χ0) is 15.7. The Bertz CT molecular complexity index is 531. The van der Waals surface area contributed by atoms with E-state index in [-0.39, 0.29) is 11.8 Å². The molecule has 2 fully saturated rings. The second kappa shape index (κ2) is 5.85. The SMILES string of the molecule is O=C(NCc1ccc(F)cc1)N1CCC2(CC1)[C@H](O)C[C@@H]2O. The third kappa shape index (κ3) is 2.68. The quantitative estimate of drug-likeness (QED) is 0.770. The van der Waals surface area contributed by atoms with E-state index in [9.17, 15) is 19.4 Å². The van der Waals surface area contributed by atoms with Crippen molar-refractivity contribution < 1.29 is 19.4 Å². The van der Waals surface area contributed by atoms with E-state index in [1.807, 2.05) is 0 Å². The summed E-state index contributed by atoms with van der Waals surface area (Å²) in [6, 6.07) is 5.85. The van der Waals surface area contributed by atoms with E-state index in [1.165, 1.54) is 12.1 Å². The minimum atomic E-state index is -0.452. The second-order valence-electron chi connectivity index (χ2n) is 6.27. The maximum Gasteiger partial charge on any atom is 0.317 e. The third-order valence-electron chi connectivity index (χ3n) is 5.11. The first-order valence-electron chi connectivity index (χ1n) is 7.64. The van der Waals surface area contributed by atoms with Crippen molar-refractivity contribution in [3.63, 3.8) is 0 Å². The Labute approximate surface area is 128 Å². The number of aliphatic hydroxyl groups excluding tert-OH is 2. The smallest absolute Gasteiger partial charge is 0.317 e. The monoisotopic (exact) mass is 308 g/mol. The molecular formula is C16H21FN2O3. The Kier molecular flexibility index (Phi) is 4.06. The summed E-state index contributed by atoms with van der Waals surface area (Å²) in [7, 11) is 0. The van der Waals surface area contributed by atoms with Crippen LogP contribution < -0.4 is 5.32 Å². The van der Waals surface area contributed by atoms with E-state index >= 15 is 0 Å². The van der Waals surface area contributed by atoms with Crippen molar-refractivity contribution in [1.82, 2.24) is 10.2 Å². The lowest BCUT2D eigenvalue weighted by Crippen LogP contribution is -2.62. The van der Waals surface area contributed by atoms with Crippen molar-refractivity contribution in [2.45, 2.75) is 38.0 Å². The van der Waals surface area contributed by atoms with Crippen molar-refractivity contribution >= 4 is 6.03 Å². The average Bonchev–Trinajstić information content (AvgIpc) is 2.54. The normalized spacial score (nSPS) is 26.6. The van der Waals surface area contributed by atoms with Crippen LogP contribution in [-0.2, 0) is 6.54 Å². The van der Waals surface area contributed by atoms with Gasteiger partial charge >= 0.3 is 6.03 Å². The number of benzene rings is 1. The van der Waals surface area contributed by atoms with Crippen LogP contribution in [0.2, 0.25) is 0 Å². The number of urea groups is 1. The van der Waals surface area contributed by atoms with Crippen LogP contribution in [0.5, 0.6) is 0 Å². The molecule has 1 aromatic carbocycles. The van der Waals surface area contributed by atoms with Crippen molar-refractivity contribution in [1.29, 1.82) is 0 Å². The number of piperidine rings is 1. The van der Waals surface area contributed by atoms with Gasteiger partial charge in [0.1, 0.15) is 5.82 Å². The lowest BCUT2D eigenvalue weighted by molar-refractivity contribution is -0.186. The van der Waals surface area contributed by atoms with Gasteiger partial charge < -0.3 is 20.4 Å². The zero-order valence-corrected chi connectivity index (χ0v) is 12.3. The molecule has 3 N–H and O–H groups in total. The fourth-order valence-corrected chi connectivity index (χ4v) is 3.43. The fraction of sp³-hybridized carbons (Fsp3) is 0.562. The number of aliphatic hydroxyl groups is 2. The van der Waals surface area contributed by atoms with Gasteiger partial charge in [-0.3, -0.25) is 0 Å². The Morgan fingerprint density at radius 3 is 2.36 bits per heavy atom. The number of amides is 2. The molecule has 120 valence electrons. The van der Waals surface area contributed by atoms with Crippen LogP contribution in [0.4, 0.5) is 9.18 Å². The lowest BCUT2D eigenvalue weighted by Gasteiger charge is -2.54. The predicted octanol–water partition coefficient (Wildman–Crippen LogP) is 1.24. The molecule has 1 spiro atoms. The molecule has 6 heteroatoms. The highest BCUT2D eigenvalue weighted by atomic mass is 19.1. The van der Waals surface area contributed by atoms with Gasteiger partial charge in [0.2, 0.25) is 0 Å². The van der Waals surface area contributed by atoms with Gasteiger partial charge in [-0.25, -0.2) is 9.18 Å². The molecule has 0 radical (unpaired) electrons. The summed E-state index contributed by atoms with van der Waals surface area (Å²) in [5, 5.41) is 22.6. The first-order chi connectivity index (χ1) is 10.5. The molecule has 3 rings (SSSR count). The van der Waals surface area contributed by atoms with Gasteiger partial charge in [0, 0.05) is 31.5 Å². The Morgan fingerprint density at radius 2 is 1.82 bits per heavy atom. The molecule has 2 aliphatic rings. The largest absolute Gasteiger partial charge is 0.392 e. The van der Waals surface area contributed by atoms with Gasteiger partial charge in [-0.05, 0) is 30.5 Å². The Hall–Kier alpha value is -1.66. The molecule has 0 bridgehead atoms. The molecular weight excluding hydrogens is 287 g/mol. The standard InChI is InChI=1S/C16H21FN2O3/c17-12-3-1-11(2-4-12)10-18-15(22)19-7-5-16(6-8-19)13(20)9-14(16)21/h1-4,13-14,20-21H,5-10H2,(H,18,22)/t13-,14+. The van der Waals surface area contributed by atoms with Crippen LogP contribution in [0.25, 0.3) is 0 Å². The van der Waals surface area contributed by atoms with E-state index in [1.54, 1.807) is 17.0 Å². The van der Waals surface area contributed by atoms with Gasteiger partial charge in [-0.15, -0.1) is 0 Å². The Balaban J connectivity index is 1.49. The van der Waals surface area contributed by atoms with E-state index < -0.39 is 17.6 Å². The molecule has 5 nitrogen and oxygen atoms in total. The number of nitrogens with zero attached hydrogens (tertiary/aromatic N) is 1. The van der Waals surface area contributed by atoms with Crippen molar-refractivity contribution in [3.8, 4) is 0 Å². The molecule has 2 amide bonds. The van der Waals surface area contributed by atoms with Crippen LogP contribution in [0.1, 0.15) is 24.8 Å². The van der Waals surface area contributed by atoms with E-state index in [0.29, 0.717) is 38.9 Å². The first kappa shape index (κ1) is 15.2. The highest BCUT2D eigenvalue weighted by Gasteiger charge is 2.55. The van der Waals surface area contributed by atoms with Crippen LogP contribution in [0, 0.1) is 11.2 Å². The maximum absolute atomic E-state index is 12.8. The number of carbonyl (C=O) groups is 1. The van der Waals surface area contributed by atoms with E-state index in [0.717, 1.165) is 5.56 Å². The maximum atomic E-state index is 12.8. The third-order valence-corrected chi connectivity index (χ3v) is 5.11. The molecule has 1 heterocycles. The molecule has 1 saturated heterocycles. The minimum absolute atomic E-state index is 0.164. The van der Waals surface area contributed by atoms with Gasteiger partial charge in [0.25, 0.3) is 0 Å². The number of hydrogen-bond acceptors (Lipinski definition) is 3. The van der Waals surface area contributed by atoms with Gasteiger partial charge in [0.05, 0.1) is 12.2 Å². The fourth-order valence-electron chi connectivity index (χ4n) is 3.43. The highest BCUT2D eigenvalue weighted by molar-refractivity contribution is 5.74. The number of halogens is 1. The summed E-state index contributed by atoms with van der Waals surface area (Å²) in [4.78, 5) is 13.8. The highest BCUT2D eigenvalue weighted by Crippen LogP contribution is 2.49. The summed E-state index contributed by atoms with van der Waals surface area (Å²) in [5.41, 5.74) is 0.432. The second-order valence-corrected chi connectivity index (χ2v) is 6.27. The topological polar surface area (TPSA) is 72.8 Å². The van der Waals surface area contributed by atoms with Crippen LogP contribution >= 0.6 is 0 Å². The number of nitrogens with one attached hydrogen (secondary N) is 1. The van der Waals surface area contributed by atoms with E-state index in [4.69, 9.17) is 0 Å². The molecule has 1 aliphatic heterocycles. The number of likely N-dealkylation sites (tertiary alicyclic amines) is 1. The van der Waals surface area contributed by atoms with Crippen molar-refractivity contribution in [3.05, 3.63) is 35.6 Å². The summed E-state index contributed by atoms with van der Waals surface area (Å²) in [6.45, 7) is 1.42. The average molecular weight is 308 g/mol. The molecule has 1 aliphatic carbocycles. The molecule has 1 saturated carbocycles. The minimum Gasteiger partial charge on any atom is -0.392 e. The zero-order valence-electron chi connectivity index (χ0n) is 12.3. The molecule has 2 atom stereocenters. The Morgan fingerprint density at radius 1 is 1.23 bits per heavy atom. The van der Waals surface area contributed by atoms with Crippen LogP contribution in [0.3, 0.4) is 0 Å². The number of carbonyl (C=O) groups excluding carboxylic acids is 1. The van der Waals surface area contributed by atoms with Crippen molar-refractivity contribution in [2.24, 2.45) is 5.41 Å². The molecule has 22 heavy (non-hydrogen) atoms. The lowest BCUT2D eigenvalue weighted by atomic mass is 9.58. The number of hydrogen-bond donors (Lipinski definition) is 3.